The van der Waals surface area contributed by atoms with Crippen LogP contribution in [0.2, 0.25) is 4.34 Å². The summed E-state index contributed by atoms with van der Waals surface area (Å²) < 4.78 is 0.712. The van der Waals surface area contributed by atoms with Gasteiger partial charge >= 0.3 is 5.97 Å². The molecule has 1 aromatic rings. The van der Waals surface area contributed by atoms with E-state index >= 15 is 0 Å². The van der Waals surface area contributed by atoms with Gasteiger partial charge in [0.1, 0.15) is 0 Å². The van der Waals surface area contributed by atoms with Crippen molar-refractivity contribution in [2.45, 2.75) is 32.6 Å². The number of rotatable bonds is 8. The summed E-state index contributed by atoms with van der Waals surface area (Å²) in [5.41, 5.74) is 0. The third-order valence-electron chi connectivity index (χ3n) is 2.76. The first-order valence-electron chi connectivity index (χ1n) is 6.26. The molecule has 1 unspecified atom stereocenters. The number of aryl methyl sites for hydroxylation is 1. The minimum absolute atomic E-state index is 0.119. The van der Waals surface area contributed by atoms with Crippen molar-refractivity contribution < 1.29 is 14.7 Å². The minimum atomic E-state index is -0.854. The molecule has 4 nitrogen and oxygen atoms in total. The molecule has 0 aliphatic carbocycles. The largest absolute Gasteiger partial charge is 0.481 e. The van der Waals surface area contributed by atoms with E-state index in [9.17, 15) is 9.59 Å². The van der Waals surface area contributed by atoms with Crippen LogP contribution in [0.25, 0.3) is 0 Å². The SMILES string of the molecule is CCCC(CNC(=O)CCc1ccc(Cl)s1)C(=O)O. The van der Waals surface area contributed by atoms with Crippen molar-refractivity contribution in [3.05, 3.63) is 21.3 Å². The van der Waals surface area contributed by atoms with Gasteiger partial charge in [0.25, 0.3) is 0 Å². The van der Waals surface area contributed by atoms with Gasteiger partial charge in [-0.15, -0.1) is 11.3 Å². The number of nitrogens with one attached hydrogen (secondary N) is 1. The number of amides is 1. The highest BCUT2D eigenvalue weighted by Crippen LogP contribution is 2.22. The molecule has 1 aromatic heterocycles. The zero-order valence-corrected chi connectivity index (χ0v) is 12.4. The van der Waals surface area contributed by atoms with Crippen LogP contribution < -0.4 is 5.32 Å². The molecule has 0 spiro atoms. The van der Waals surface area contributed by atoms with E-state index in [0.29, 0.717) is 23.6 Å². The Morgan fingerprint density at radius 1 is 1.47 bits per heavy atom. The van der Waals surface area contributed by atoms with Crippen LogP contribution in [0.3, 0.4) is 0 Å². The Kier molecular flexibility index (Phi) is 6.87. The molecule has 1 heterocycles. The summed E-state index contributed by atoms with van der Waals surface area (Å²) in [5.74, 6) is -1.47. The van der Waals surface area contributed by atoms with Crippen LogP contribution in [0, 0.1) is 5.92 Å². The van der Waals surface area contributed by atoms with Gasteiger partial charge in [-0.3, -0.25) is 9.59 Å². The van der Waals surface area contributed by atoms with E-state index in [-0.39, 0.29) is 12.5 Å². The van der Waals surface area contributed by atoms with Gasteiger partial charge in [-0.05, 0) is 25.0 Å². The Bertz CT molecular complexity index is 433. The lowest BCUT2D eigenvalue weighted by atomic mass is 10.0. The maximum Gasteiger partial charge on any atom is 0.308 e. The van der Waals surface area contributed by atoms with Crippen molar-refractivity contribution in [3.8, 4) is 0 Å². The number of carbonyl (C=O) groups is 2. The molecule has 0 saturated heterocycles. The van der Waals surface area contributed by atoms with E-state index in [1.54, 1.807) is 6.07 Å². The normalized spacial score (nSPS) is 12.1. The van der Waals surface area contributed by atoms with E-state index < -0.39 is 11.9 Å². The fourth-order valence-electron chi connectivity index (χ4n) is 1.71. The quantitative estimate of drug-likeness (QED) is 0.776. The van der Waals surface area contributed by atoms with Gasteiger partial charge in [-0.2, -0.15) is 0 Å². The molecule has 0 saturated carbocycles. The van der Waals surface area contributed by atoms with Crippen LogP contribution in [0.5, 0.6) is 0 Å². The number of hydrogen-bond acceptors (Lipinski definition) is 3. The molecule has 0 fully saturated rings. The monoisotopic (exact) mass is 303 g/mol. The van der Waals surface area contributed by atoms with Crippen LogP contribution in [0.15, 0.2) is 12.1 Å². The lowest BCUT2D eigenvalue weighted by Crippen LogP contribution is -2.33. The second kappa shape index (κ2) is 8.17. The summed E-state index contributed by atoms with van der Waals surface area (Å²) in [5, 5.41) is 11.6. The van der Waals surface area contributed by atoms with E-state index in [2.05, 4.69) is 5.32 Å². The van der Waals surface area contributed by atoms with Gasteiger partial charge in [0.2, 0.25) is 5.91 Å². The van der Waals surface area contributed by atoms with Crippen LogP contribution in [0.1, 0.15) is 31.1 Å². The number of halogens is 1. The summed E-state index contributed by atoms with van der Waals surface area (Å²) in [6.45, 7) is 2.13. The minimum Gasteiger partial charge on any atom is -0.481 e. The smallest absolute Gasteiger partial charge is 0.308 e. The molecule has 0 aliphatic heterocycles. The number of thiophene rings is 1. The summed E-state index contributed by atoms with van der Waals surface area (Å²) in [4.78, 5) is 23.6. The third-order valence-corrected chi connectivity index (χ3v) is 4.05. The fourth-order valence-corrected chi connectivity index (χ4v) is 2.80. The van der Waals surface area contributed by atoms with Gasteiger partial charge in [-0.25, -0.2) is 0 Å². The highest BCUT2D eigenvalue weighted by molar-refractivity contribution is 7.16. The molecule has 106 valence electrons. The molecule has 19 heavy (non-hydrogen) atoms. The maximum atomic E-state index is 11.6. The molecule has 1 rings (SSSR count). The zero-order chi connectivity index (χ0) is 14.3. The van der Waals surface area contributed by atoms with Crippen LogP contribution in [0.4, 0.5) is 0 Å². The Hall–Kier alpha value is -1.07. The van der Waals surface area contributed by atoms with Gasteiger partial charge in [0, 0.05) is 17.8 Å². The van der Waals surface area contributed by atoms with Crippen molar-refractivity contribution in [1.29, 1.82) is 0 Å². The Morgan fingerprint density at radius 3 is 2.74 bits per heavy atom. The average molecular weight is 304 g/mol. The molecular formula is C13H18ClNO3S. The number of carbonyl (C=O) groups excluding carboxylic acids is 1. The Labute approximate surface area is 121 Å². The van der Waals surface area contributed by atoms with E-state index in [4.69, 9.17) is 16.7 Å². The summed E-state index contributed by atoms with van der Waals surface area (Å²) in [7, 11) is 0. The maximum absolute atomic E-state index is 11.6. The van der Waals surface area contributed by atoms with Crippen molar-refractivity contribution in [2.75, 3.05) is 6.54 Å². The number of aliphatic carboxylic acids is 1. The standard InChI is InChI=1S/C13H18ClNO3S/c1-2-3-9(13(17)18)8-15-12(16)7-5-10-4-6-11(14)19-10/h4,6,9H,2-3,5,7-8H2,1H3,(H,15,16)(H,17,18). The molecule has 6 heteroatoms. The summed E-state index contributed by atoms with van der Waals surface area (Å²) in [6, 6.07) is 3.71. The van der Waals surface area contributed by atoms with E-state index in [1.807, 2.05) is 13.0 Å². The highest BCUT2D eigenvalue weighted by Gasteiger charge is 2.17. The first-order valence-corrected chi connectivity index (χ1v) is 7.46. The predicted octanol–water partition coefficient (Wildman–Crippen LogP) is 2.95. The number of carboxylic acids is 1. The second-order valence-corrected chi connectivity index (χ2v) is 6.13. The molecule has 1 atom stereocenters. The zero-order valence-electron chi connectivity index (χ0n) is 10.8. The molecule has 0 bridgehead atoms. The second-order valence-electron chi connectivity index (χ2n) is 4.33. The average Bonchev–Trinajstić information content (AvgIpc) is 2.77. The van der Waals surface area contributed by atoms with Crippen molar-refractivity contribution in [2.24, 2.45) is 5.92 Å². The first-order chi connectivity index (χ1) is 9.02. The molecular weight excluding hydrogens is 286 g/mol. The van der Waals surface area contributed by atoms with Crippen LogP contribution >= 0.6 is 22.9 Å². The molecule has 1 amide bonds. The highest BCUT2D eigenvalue weighted by atomic mass is 35.5. The van der Waals surface area contributed by atoms with Gasteiger partial charge in [-0.1, -0.05) is 24.9 Å². The van der Waals surface area contributed by atoms with Crippen LogP contribution in [-0.4, -0.2) is 23.5 Å². The van der Waals surface area contributed by atoms with Gasteiger partial charge in [0.15, 0.2) is 0 Å². The van der Waals surface area contributed by atoms with Crippen molar-refractivity contribution in [1.82, 2.24) is 5.32 Å². The molecule has 0 radical (unpaired) electrons. The van der Waals surface area contributed by atoms with Gasteiger partial charge < -0.3 is 10.4 Å². The van der Waals surface area contributed by atoms with Crippen LogP contribution in [-0.2, 0) is 16.0 Å². The van der Waals surface area contributed by atoms with Crippen molar-refractivity contribution in [3.63, 3.8) is 0 Å². The lowest BCUT2D eigenvalue weighted by molar-refractivity contribution is -0.141. The predicted molar refractivity (Wildman–Crippen MR) is 76.7 cm³/mol. The third kappa shape index (κ3) is 6.07. The van der Waals surface area contributed by atoms with E-state index in [0.717, 1.165) is 11.3 Å². The Morgan fingerprint density at radius 2 is 2.21 bits per heavy atom. The van der Waals surface area contributed by atoms with Gasteiger partial charge in [0.05, 0.1) is 10.3 Å². The number of hydrogen-bond donors (Lipinski definition) is 2. The molecule has 0 aliphatic rings. The summed E-state index contributed by atoms with van der Waals surface area (Å²) >= 11 is 7.26. The van der Waals surface area contributed by atoms with E-state index in [1.165, 1.54) is 11.3 Å². The first kappa shape index (κ1) is 16.0. The van der Waals surface area contributed by atoms with Crippen molar-refractivity contribution >= 4 is 34.8 Å². The number of carboxylic acid groups (broad SMARTS) is 1. The topological polar surface area (TPSA) is 66.4 Å². The summed E-state index contributed by atoms with van der Waals surface area (Å²) in [6.07, 6.45) is 2.36. The molecule has 0 aromatic carbocycles. The fraction of sp³-hybridized carbons (Fsp3) is 0.538. The lowest BCUT2D eigenvalue weighted by Gasteiger charge is -2.12. The molecule has 2 N–H and O–H groups in total. The Balaban J connectivity index is 2.28.